The van der Waals surface area contributed by atoms with Crippen molar-refractivity contribution in [2.45, 2.75) is 19.9 Å². The molecule has 0 aliphatic rings. The molecule has 0 saturated carbocycles. The van der Waals surface area contributed by atoms with Gasteiger partial charge in [0.15, 0.2) is 0 Å². The molecule has 0 aromatic carbocycles. The van der Waals surface area contributed by atoms with E-state index >= 15 is 0 Å². The summed E-state index contributed by atoms with van der Waals surface area (Å²) in [7, 11) is 1.88. The first-order chi connectivity index (χ1) is 9.13. The SMILES string of the molecule is CCn1ncc(N)c1C(=O)NCCc1ccnn1C. The predicted octanol–water partition coefficient (Wildman–Crippen LogP) is 0.191. The highest BCUT2D eigenvalue weighted by Crippen LogP contribution is 2.10. The molecule has 0 unspecified atom stereocenters. The van der Waals surface area contributed by atoms with Gasteiger partial charge in [-0.15, -0.1) is 0 Å². The second kappa shape index (κ2) is 5.55. The maximum Gasteiger partial charge on any atom is 0.271 e. The second-order valence-electron chi connectivity index (χ2n) is 4.22. The molecule has 19 heavy (non-hydrogen) atoms. The molecule has 0 spiro atoms. The molecule has 0 aliphatic heterocycles. The van der Waals surface area contributed by atoms with Crippen molar-refractivity contribution in [1.29, 1.82) is 0 Å². The van der Waals surface area contributed by atoms with Gasteiger partial charge >= 0.3 is 0 Å². The molecule has 0 bridgehead atoms. The number of aryl methyl sites for hydroxylation is 2. The lowest BCUT2D eigenvalue weighted by Crippen LogP contribution is -2.29. The topological polar surface area (TPSA) is 90.8 Å². The van der Waals surface area contributed by atoms with E-state index in [2.05, 4.69) is 15.5 Å². The summed E-state index contributed by atoms with van der Waals surface area (Å²) in [6.45, 7) is 3.06. The average Bonchev–Trinajstić information content (AvgIpc) is 2.96. The smallest absolute Gasteiger partial charge is 0.271 e. The number of hydrogen-bond acceptors (Lipinski definition) is 4. The summed E-state index contributed by atoms with van der Waals surface area (Å²) in [5, 5.41) is 11.0. The summed E-state index contributed by atoms with van der Waals surface area (Å²) >= 11 is 0. The first-order valence-electron chi connectivity index (χ1n) is 6.19. The van der Waals surface area contributed by atoms with E-state index in [0.29, 0.717) is 24.5 Å². The number of aromatic nitrogens is 4. The molecule has 0 fully saturated rings. The van der Waals surface area contributed by atoms with Crippen LogP contribution < -0.4 is 11.1 Å². The van der Waals surface area contributed by atoms with Crippen molar-refractivity contribution >= 4 is 11.6 Å². The molecule has 102 valence electrons. The second-order valence-corrected chi connectivity index (χ2v) is 4.22. The lowest BCUT2D eigenvalue weighted by molar-refractivity contribution is 0.0944. The van der Waals surface area contributed by atoms with Gasteiger partial charge in [-0.1, -0.05) is 0 Å². The summed E-state index contributed by atoms with van der Waals surface area (Å²) in [5.41, 5.74) is 7.64. The largest absolute Gasteiger partial charge is 0.396 e. The Morgan fingerprint density at radius 3 is 2.89 bits per heavy atom. The van der Waals surface area contributed by atoms with Crippen molar-refractivity contribution in [2.24, 2.45) is 7.05 Å². The number of amides is 1. The van der Waals surface area contributed by atoms with Crippen LogP contribution in [0, 0.1) is 0 Å². The Morgan fingerprint density at radius 1 is 1.47 bits per heavy atom. The highest BCUT2D eigenvalue weighted by atomic mass is 16.2. The first kappa shape index (κ1) is 13.1. The van der Waals surface area contributed by atoms with Gasteiger partial charge in [0, 0.05) is 38.4 Å². The predicted molar refractivity (Wildman–Crippen MR) is 71.6 cm³/mol. The molecule has 0 atom stereocenters. The summed E-state index contributed by atoms with van der Waals surface area (Å²) in [6, 6.07) is 1.93. The zero-order valence-electron chi connectivity index (χ0n) is 11.1. The molecular weight excluding hydrogens is 244 g/mol. The quantitative estimate of drug-likeness (QED) is 0.804. The zero-order valence-corrected chi connectivity index (χ0v) is 11.1. The minimum atomic E-state index is -0.195. The molecule has 7 nitrogen and oxygen atoms in total. The van der Waals surface area contributed by atoms with Crippen molar-refractivity contribution in [1.82, 2.24) is 24.9 Å². The Labute approximate surface area is 111 Å². The van der Waals surface area contributed by atoms with Crippen molar-refractivity contribution in [3.8, 4) is 0 Å². The summed E-state index contributed by atoms with van der Waals surface area (Å²) in [4.78, 5) is 12.0. The number of nitrogens with two attached hydrogens (primary N) is 1. The van der Waals surface area contributed by atoms with Crippen LogP contribution in [0.5, 0.6) is 0 Å². The maximum atomic E-state index is 12.0. The van der Waals surface area contributed by atoms with Gasteiger partial charge in [0.1, 0.15) is 5.69 Å². The minimum Gasteiger partial charge on any atom is -0.396 e. The molecule has 0 saturated heterocycles. The third-order valence-electron chi connectivity index (χ3n) is 2.97. The first-order valence-corrected chi connectivity index (χ1v) is 6.19. The van der Waals surface area contributed by atoms with Gasteiger partial charge in [-0.2, -0.15) is 10.2 Å². The molecule has 2 heterocycles. The van der Waals surface area contributed by atoms with Crippen LogP contribution in [0.15, 0.2) is 18.5 Å². The van der Waals surface area contributed by atoms with Crippen molar-refractivity contribution in [3.05, 3.63) is 29.8 Å². The number of carbonyl (C=O) groups is 1. The Hall–Kier alpha value is -2.31. The molecule has 3 N–H and O–H groups in total. The van der Waals surface area contributed by atoms with Gasteiger partial charge < -0.3 is 11.1 Å². The average molecular weight is 262 g/mol. The standard InChI is InChI=1S/C12H18N6O/c1-3-18-11(10(13)8-16-18)12(19)14-6-4-9-5-7-15-17(9)2/h5,7-8H,3-4,6,13H2,1-2H3,(H,14,19). The van der Waals surface area contributed by atoms with E-state index in [9.17, 15) is 4.79 Å². The number of anilines is 1. The monoisotopic (exact) mass is 262 g/mol. The van der Waals surface area contributed by atoms with Crippen LogP contribution in [0.2, 0.25) is 0 Å². The van der Waals surface area contributed by atoms with Crippen LogP contribution in [0.1, 0.15) is 23.1 Å². The van der Waals surface area contributed by atoms with Crippen LogP contribution in [0.4, 0.5) is 5.69 Å². The van der Waals surface area contributed by atoms with Gasteiger partial charge in [0.2, 0.25) is 0 Å². The summed E-state index contributed by atoms with van der Waals surface area (Å²) in [6.07, 6.45) is 3.96. The van der Waals surface area contributed by atoms with Crippen molar-refractivity contribution < 1.29 is 4.79 Å². The van der Waals surface area contributed by atoms with Crippen molar-refractivity contribution in [3.63, 3.8) is 0 Å². The molecule has 2 aromatic rings. The van der Waals surface area contributed by atoms with E-state index in [1.165, 1.54) is 6.20 Å². The van der Waals surface area contributed by atoms with Gasteiger partial charge in [0.05, 0.1) is 11.9 Å². The minimum absolute atomic E-state index is 0.195. The van der Waals surface area contributed by atoms with Gasteiger partial charge in [-0.05, 0) is 13.0 Å². The molecule has 0 aliphatic carbocycles. The van der Waals surface area contributed by atoms with Crippen LogP contribution in [0.25, 0.3) is 0 Å². The fourth-order valence-electron chi connectivity index (χ4n) is 1.92. The van der Waals surface area contributed by atoms with Gasteiger partial charge in [0.25, 0.3) is 5.91 Å². The highest BCUT2D eigenvalue weighted by Gasteiger charge is 2.15. The number of rotatable bonds is 5. The molecule has 2 rings (SSSR count). The van der Waals surface area contributed by atoms with E-state index in [1.54, 1.807) is 15.6 Å². The van der Waals surface area contributed by atoms with Crippen LogP contribution in [-0.4, -0.2) is 32.0 Å². The van der Waals surface area contributed by atoms with Gasteiger partial charge in [-0.25, -0.2) is 0 Å². The van der Waals surface area contributed by atoms with Crippen LogP contribution in [0.3, 0.4) is 0 Å². The lowest BCUT2D eigenvalue weighted by atomic mass is 10.3. The number of hydrogen-bond donors (Lipinski definition) is 2. The van der Waals surface area contributed by atoms with E-state index < -0.39 is 0 Å². The fraction of sp³-hybridized carbons (Fsp3) is 0.417. The van der Waals surface area contributed by atoms with E-state index in [4.69, 9.17) is 5.73 Å². The maximum absolute atomic E-state index is 12.0. The fourth-order valence-corrected chi connectivity index (χ4v) is 1.92. The number of nitrogen functional groups attached to an aromatic ring is 1. The number of carbonyl (C=O) groups excluding carboxylic acids is 1. The molecule has 2 aromatic heterocycles. The lowest BCUT2D eigenvalue weighted by Gasteiger charge is -2.07. The van der Waals surface area contributed by atoms with Crippen LogP contribution >= 0.6 is 0 Å². The Balaban J connectivity index is 1.94. The molecule has 7 heteroatoms. The van der Waals surface area contributed by atoms with E-state index in [-0.39, 0.29) is 5.91 Å². The Kier molecular flexibility index (Phi) is 3.84. The summed E-state index contributed by atoms with van der Waals surface area (Å²) < 4.78 is 3.38. The van der Waals surface area contributed by atoms with Gasteiger partial charge in [-0.3, -0.25) is 14.2 Å². The van der Waals surface area contributed by atoms with E-state index in [1.807, 2.05) is 20.0 Å². The molecule has 1 amide bonds. The van der Waals surface area contributed by atoms with E-state index in [0.717, 1.165) is 12.1 Å². The Bertz CT molecular complexity index is 571. The summed E-state index contributed by atoms with van der Waals surface area (Å²) in [5.74, 6) is -0.195. The molecular formula is C12H18N6O. The zero-order chi connectivity index (χ0) is 13.8. The third-order valence-corrected chi connectivity index (χ3v) is 2.97. The third kappa shape index (κ3) is 2.75. The van der Waals surface area contributed by atoms with Crippen molar-refractivity contribution in [2.75, 3.05) is 12.3 Å². The molecule has 0 radical (unpaired) electrons. The number of nitrogens with one attached hydrogen (secondary N) is 1. The van der Waals surface area contributed by atoms with Crippen LogP contribution in [-0.2, 0) is 20.0 Å². The normalized spacial score (nSPS) is 10.6. The highest BCUT2D eigenvalue weighted by molar-refractivity contribution is 5.97. The Morgan fingerprint density at radius 2 is 2.26 bits per heavy atom. The number of nitrogens with zero attached hydrogens (tertiary/aromatic N) is 4.